The van der Waals surface area contributed by atoms with Gasteiger partial charge in [0.1, 0.15) is 30.1 Å². The Bertz CT molecular complexity index is 1090. The maximum absolute atomic E-state index is 12.2. The van der Waals surface area contributed by atoms with Crippen LogP contribution in [0.2, 0.25) is 0 Å². The second-order valence-electron chi connectivity index (χ2n) is 7.19. The van der Waals surface area contributed by atoms with Crippen LogP contribution in [0.1, 0.15) is 30.5 Å². The lowest BCUT2D eigenvalue weighted by molar-refractivity contribution is -0.151. The predicted molar refractivity (Wildman–Crippen MR) is 109 cm³/mol. The van der Waals surface area contributed by atoms with Crippen molar-refractivity contribution < 1.29 is 14.3 Å². The third-order valence-electron chi connectivity index (χ3n) is 5.10. The van der Waals surface area contributed by atoms with Crippen molar-refractivity contribution in [3.63, 3.8) is 0 Å². The summed E-state index contributed by atoms with van der Waals surface area (Å²) in [5, 5.41) is 0.770. The van der Waals surface area contributed by atoms with E-state index in [9.17, 15) is 4.79 Å². The zero-order valence-electron chi connectivity index (χ0n) is 16.2. The van der Waals surface area contributed by atoms with E-state index in [1.54, 1.807) is 6.92 Å². The number of hydrogen-bond acceptors (Lipinski definition) is 6. The Labute approximate surface area is 168 Å². The van der Waals surface area contributed by atoms with Crippen molar-refractivity contribution in [2.75, 3.05) is 12.3 Å². The molecule has 3 aromatic rings. The summed E-state index contributed by atoms with van der Waals surface area (Å²) < 4.78 is 13.5. The van der Waals surface area contributed by atoms with Crippen LogP contribution in [0.25, 0.3) is 11.0 Å². The third-order valence-corrected chi connectivity index (χ3v) is 5.10. The smallest absolute Gasteiger partial charge is 0.310 e. The molecule has 1 aromatic carbocycles. The number of nitrogens with zero attached hydrogens (tertiary/aromatic N) is 3. The number of terminal acetylenes is 1. The number of fused-ring (bicyclic) bond motifs is 1. The molecule has 7 nitrogen and oxygen atoms in total. The summed E-state index contributed by atoms with van der Waals surface area (Å²) in [5.41, 5.74) is 6.64. The number of aryl methyl sites for hydroxylation is 1. The standard InChI is InChI=1S/C22H22N4O3/c1-3-22(14-28-19(27)13-16-7-5-4-6-8-16)11-9-18(29-22)26-12-10-17-20(23)24-15(2)25-21(17)26/h1,4-8,10,12,18H,9,11,13-14H2,2H3,(H2,23,24,25). The summed E-state index contributed by atoms with van der Waals surface area (Å²) in [4.78, 5) is 20.9. The maximum Gasteiger partial charge on any atom is 0.310 e. The molecule has 0 amide bonds. The number of aromatic nitrogens is 3. The molecule has 0 spiro atoms. The van der Waals surface area contributed by atoms with E-state index < -0.39 is 5.60 Å². The molecule has 1 aliphatic rings. The number of rotatable bonds is 5. The quantitative estimate of drug-likeness (QED) is 0.532. The Morgan fingerprint density at radius 3 is 2.93 bits per heavy atom. The zero-order valence-corrected chi connectivity index (χ0v) is 16.2. The molecule has 0 aliphatic carbocycles. The van der Waals surface area contributed by atoms with Crippen molar-refractivity contribution in [1.29, 1.82) is 0 Å². The van der Waals surface area contributed by atoms with E-state index in [2.05, 4.69) is 15.9 Å². The van der Waals surface area contributed by atoms with Gasteiger partial charge in [-0.25, -0.2) is 9.97 Å². The van der Waals surface area contributed by atoms with Crippen molar-refractivity contribution in [3.05, 3.63) is 54.0 Å². The fourth-order valence-electron chi connectivity index (χ4n) is 3.60. The molecule has 29 heavy (non-hydrogen) atoms. The average Bonchev–Trinajstić information content (AvgIpc) is 3.32. The number of carbonyl (C=O) groups excluding carboxylic acids is 1. The maximum atomic E-state index is 12.2. The topological polar surface area (TPSA) is 92.3 Å². The molecule has 2 aromatic heterocycles. The number of nitrogens with two attached hydrogens (primary N) is 1. The van der Waals surface area contributed by atoms with Gasteiger partial charge in [-0.05, 0) is 31.4 Å². The fourth-order valence-corrected chi connectivity index (χ4v) is 3.60. The highest BCUT2D eigenvalue weighted by molar-refractivity contribution is 5.86. The minimum absolute atomic E-state index is 0.0149. The molecule has 0 radical (unpaired) electrons. The number of ether oxygens (including phenoxy) is 2. The monoisotopic (exact) mass is 390 g/mol. The van der Waals surface area contributed by atoms with Crippen LogP contribution in [0, 0.1) is 19.3 Å². The van der Waals surface area contributed by atoms with E-state index in [1.807, 2.05) is 47.2 Å². The largest absolute Gasteiger partial charge is 0.461 e. The van der Waals surface area contributed by atoms with Crippen LogP contribution < -0.4 is 5.73 Å². The third kappa shape index (κ3) is 3.80. The summed E-state index contributed by atoms with van der Waals surface area (Å²) in [6.07, 6.45) is 8.76. The van der Waals surface area contributed by atoms with Crippen LogP contribution >= 0.6 is 0 Å². The van der Waals surface area contributed by atoms with Crippen LogP contribution in [0.3, 0.4) is 0 Å². The molecule has 0 bridgehead atoms. The lowest BCUT2D eigenvalue weighted by Crippen LogP contribution is -2.34. The minimum Gasteiger partial charge on any atom is -0.461 e. The highest BCUT2D eigenvalue weighted by Crippen LogP contribution is 2.38. The van der Waals surface area contributed by atoms with Crippen LogP contribution in [-0.4, -0.2) is 32.7 Å². The normalized spacial score (nSPS) is 21.2. The first-order valence-electron chi connectivity index (χ1n) is 9.45. The SMILES string of the molecule is C#CC1(COC(=O)Cc2ccccc2)CCC(n2ccc3c(N)nc(C)nc32)O1. The Hall–Kier alpha value is -3.37. The highest BCUT2D eigenvalue weighted by atomic mass is 16.6. The number of anilines is 1. The van der Waals surface area contributed by atoms with E-state index >= 15 is 0 Å². The van der Waals surface area contributed by atoms with Gasteiger partial charge >= 0.3 is 5.97 Å². The zero-order chi connectivity index (χ0) is 20.4. The van der Waals surface area contributed by atoms with Crippen LogP contribution in [0.15, 0.2) is 42.6 Å². The van der Waals surface area contributed by atoms with Gasteiger partial charge in [-0.1, -0.05) is 36.3 Å². The van der Waals surface area contributed by atoms with Crippen LogP contribution in [0.5, 0.6) is 0 Å². The predicted octanol–water partition coefficient (Wildman–Crippen LogP) is 2.79. The summed E-state index contributed by atoms with van der Waals surface area (Å²) in [6.45, 7) is 1.81. The summed E-state index contributed by atoms with van der Waals surface area (Å²) >= 11 is 0. The first-order valence-corrected chi connectivity index (χ1v) is 9.45. The van der Waals surface area contributed by atoms with Gasteiger partial charge in [0.2, 0.25) is 0 Å². The number of hydrogen-bond donors (Lipinski definition) is 1. The summed E-state index contributed by atoms with van der Waals surface area (Å²) in [7, 11) is 0. The first-order chi connectivity index (χ1) is 14.0. The van der Waals surface area contributed by atoms with Gasteiger partial charge in [-0.15, -0.1) is 6.42 Å². The van der Waals surface area contributed by atoms with Gasteiger partial charge < -0.3 is 19.8 Å². The molecule has 2 unspecified atom stereocenters. The Morgan fingerprint density at radius 1 is 1.38 bits per heavy atom. The lowest BCUT2D eigenvalue weighted by Gasteiger charge is -2.24. The first kappa shape index (κ1) is 19.0. The van der Waals surface area contributed by atoms with Crippen molar-refractivity contribution in [1.82, 2.24) is 14.5 Å². The molecule has 3 heterocycles. The van der Waals surface area contributed by atoms with Crippen molar-refractivity contribution in [2.45, 2.75) is 38.0 Å². The van der Waals surface area contributed by atoms with Gasteiger partial charge in [0.05, 0.1) is 11.8 Å². The molecule has 0 saturated carbocycles. The van der Waals surface area contributed by atoms with Crippen LogP contribution in [-0.2, 0) is 20.7 Å². The lowest BCUT2D eigenvalue weighted by atomic mass is 10.0. The Kier molecular flexibility index (Phi) is 4.95. The Morgan fingerprint density at radius 2 is 2.17 bits per heavy atom. The molecule has 2 atom stereocenters. The number of nitrogen functional groups attached to an aromatic ring is 1. The molecule has 1 aliphatic heterocycles. The number of carbonyl (C=O) groups is 1. The molecule has 4 rings (SSSR count). The van der Waals surface area contributed by atoms with E-state index in [1.165, 1.54) is 0 Å². The average molecular weight is 390 g/mol. The molecular weight excluding hydrogens is 368 g/mol. The molecule has 1 saturated heterocycles. The second kappa shape index (κ2) is 7.57. The van der Waals surface area contributed by atoms with E-state index in [0.29, 0.717) is 30.1 Å². The van der Waals surface area contributed by atoms with E-state index in [-0.39, 0.29) is 25.2 Å². The van der Waals surface area contributed by atoms with Crippen LogP contribution in [0.4, 0.5) is 5.82 Å². The van der Waals surface area contributed by atoms with E-state index in [0.717, 1.165) is 10.9 Å². The molecular formula is C22H22N4O3. The molecule has 1 fully saturated rings. The fraction of sp³-hybridized carbons (Fsp3) is 0.318. The van der Waals surface area contributed by atoms with Gasteiger partial charge in [-0.3, -0.25) is 4.79 Å². The van der Waals surface area contributed by atoms with E-state index in [4.69, 9.17) is 21.6 Å². The van der Waals surface area contributed by atoms with Gasteiger partial charge in [0, 0.05) is 6.20 Å². The molecule has 148 valence electrons. The molecule has 7 heteroatoms. The Balaban J connectivity index is 1.46. The minimum atomic E-state index is -0.957. The van der Waals surface area contributed by atoms with Gasteiger partial charge in [-0.2, -0.15) is 0 Å². The highest BCUT2D eigenvalue weighted by Gasteiger charge is 2.41. The van der Waals surface area contributed by atoms with Gasteiger partial charge in [0.15, 0.2) is 5.60 Å². The van der Waals surface area contributed by atoms with Crippen molar-refractivity contribution >= 4 is 22.8 Å². The molecule has 2 N–H and O–H groups in total. The number of esters is 1. The summed E-state index contributed by atoms with van der Waals surface area (Å²) in [5.74, 6) is 3.38. The van der Waals surface area contributed by atoms with Crippen molar-refractivity contribution in [2.24, 2.45) is 0 Å². The van der Waals surface area contributed by atoms with Gasteiger partial charge in [0.25, 0.3) is 0 Å². The van der Waals surface area contributed by atoms with Crippen molar-refractivity contribution in [3.8, 4) is 12.3 Å². The summed E-state index contributed by atoms with van der Waals surface area (Å²) in [6, 6.07) is 11.3. The number of benzene rings is 1. The second-order valence-corrected chi connectivity index (χ2v) is 7.19.